The third-order valence-electron chi connectivity index (χ3n) is 4.91. The molecule has 3 rings (SSSR count). The Hall–Kier alpha value is -0.880. The van der Waals surface area contributed by atoms with E-state index in [9.17, 15) is 4.79 Å². The molecule has 1 N–H and O–H groups in total. The number of nitrogens with zero attached hydrogens (tertiary/aromatic N) is 3. The number of nitrogens with one attached hydrogen (secondary N) is 1. The molecule has 0 aromatic carbocycles. The van der Waals surface area contributed by atoms with Gasteiger partial charge in [-0.1, -0.05) is 0 Å². The number of amides is 1. The van der Waals surface area contributed by atoms with E-state index < -0.39 is 0 Å². The minimum absolute atomic E-state index is 0.0606. The first-order valence-corrected chi connectivity index (χ1v) is 7.98. The molecule has 2 fully saturated rings. The highest BCUT2D eigenvalue weighted by Gasteiger charge is 2.39. The average molecular weight is 341 g/mol. The van der Waals surface area contributed by atoms with Crippen LogP contribution in [0.25, 0.3) is 0 Å². The van der Waals surface area contributed by atoms with E-state index in [0.717, 1.165) is 23.0 Å². The van der Waals surface area contributed by atoms with Crippen molar-refractivity contribution in [2.24, 2.45) is 7.05 Å². The Bertz CT molecular complexity index is 528. The lowest BCUT2D eigenvalue weighted by Gasteiger charge is -2.36. The first-order valence-electron chi connectivity index (χ1n) is 7.19. The van der Waals surface area contributed by atoms with Gasteiger partial charge in [0.05, 0.1) is 10.2 Å². The molecule has 0 radical (unpaired) electrons. The summed E-state index contributed by atoms with van der Waals surface area (Å²) in [5, 5.41) is 7.46. The van der Waals surface area contributed by atoms with Crippen molar-refractivity contribution in [2.75, 3.05) is 7.05 Å². The number of fused-ring (bicyclic) bond motifs is 2. The van der Waals surface area contributed by atoms with Crippen LogP contribution < -0.4 is 5.32 Å². The van der Waals surface area contributed by atoms with Crippen LogP contribution in [0.5, 0.6) is 0 Å². The number of aryl methyl sites for hydroxylation is 1. The summed E-state index contributed by atoms with van der Waals surface area (Å²) in [7, 11) is 4.06. The van der Waals surface area contributed by atoms with Crippen LogP contribution in [0.3, 0.4) is 0 Å². The summed E-state index contributed by atoms with van der Waals surface area (Å²) in [4.78, 5) is 14.9. The topological polar surface area (TPSA) is 50.2 Å². The fourth-order valence-corrected chi connectivity index (χ4v) is 4.03. The molecule has 1 aromatic heterocycles. The quantitative estimate of drug-likeness (QED) is 0.893. The molecule has 1 amide bonds. The molecule has 2 aliphatic heterocycles. The van der Waals surface area contributed by atoms with E-state index >= 15 is 0 Å². The first kappa shape index (κ1) is 14.1. The highest BCUT2D eigenvalue weighted by atomic mass is 79.9. The second kappa shape index (κ2) is 5.15. The SMILES string of the molecule is Cc1c(Br)c(C(=O)NC2CC3CCC(C2)N3C)nn1C. The van der Waals surface area contributed by atoms with Gasteiger partial charge in [-0.2, -0.15) is 5.10 Å². The van der Waals surface area contributed by atoms with Crippen LogP contribution in [-0.4, -0.2) is 45.8 Å². The van der Waals surface area contributed by atoms with Crippen molar-refractivity contribution in [3.05, 3.63) is 15.9 Å². The molecular formula is C14H21BrN4O. The van der Waals surface area contributed by atoms with Crippen LogP contribution >= 0.6 is 15.9 Å². The fraction of sp³-hybridized carbons (Fsp3) is 0.714. The maximum Gasteiger partial charge on any atom is 0.273 e. The first-order chi connectivity index (χ1) is 9.47. The summed E-state index contributed by atoms with van der Waals surface area (Å²) < 4.78 is 2.53. The van der Waals surface area contributed by atoms with Crippen molar-refractivity contribution in [1.29, 1.82) is 0 Å². The monoisotopic (exact) mass is 340 g/mol. The molecule has 2 bridgehead atoms. The molecule has 2 unspecified atom stereocenters. The number of halogens is 1. The van der Waals surface area contributed by atoms with E-state index in [2.05, 4.69) is 38.3 Å². The number of piperidine rings is 1. The van der Waals surface area contributed by atoms with Crippen molar-refractivity contribution in [3.8, 4) is 0 Å². The van der Waals surface area contributed by atoms with Gasteiger partial charge < -0.3 is 10.2 Å². The lowest BCUT2D eigenvalue weighted by atomic mass is 9.98. The summed E-state index contributed by atoms with van der Waals surface area (Å²) in [5.41, 5.74) is 1.47. The predicted molar refractivity (Wildman–Crippen MR) is 80.7 cm³/mol. The number of carbonyl (C=O) groups is 1. The van der Waals surface area contributed by atoms with Crippen LogP contribution in [-0.2, 0) is 7.05 Å². The van der Waals surface area contributed by atoms with Crippen molar-refractivity contribution in [2.45, 2.75) is 50.7 Å². The maximum absolute atomic E-state index is 12.4. The zero-order valence-electron chi connectivity index (χ0n) is 12.2. The third kappa shape index (κ3) is 2.29. The van der Waals surface area contributed by atoms with Gasteiger partial charge in [-0.15, -0.1) is 0 Å². The Kier molecular flexibility index (Phi) is 3.62. The van der Waals surface area contributed by atoms with Gasteiger partial charge in [-0.05, 0) is 55.6 Å². The second-order valence-corrected chi connectivity index (χ2v) is 6.86. The van der Waals surface area contributed by atoms with Gasteiger partial charge in [0.15, 0.2) is 5.69 Å². The van der Waals surface area contributed by atoms with Crippen molar-refractivity contribution >= 4 is 21.8 Å². The van der Waals surface area contributed by atoms with Crippen LogP contribution in [0.4, 0.5) is 0 Å². The summed E-state index contributed by atoms with van der Waals surface area (Å²) in [6.45, 7) is 1.95. The molecule has 2 saturated heterocycles. The van der Waals surface area contributed by atoms with Crippen molar-refractivity contribution < 1.29 is 4.79 Å². The zero-order chi connectivity index (χ0) is 14.4. The molecule has 2 aliphatic rings. The molecule has 20 heavy (non-hydrogen) atoms. The van der Waals surface area contributed by atoms with E-state index in [1.807, 2.05) is 14.0 Å². The minimum Gasteiger partial charge on any atom is -0.348 e. The molecule has 110 valence electrons. The average Bonchev–Trinajstić information content (AvgIpc) is 2.78. The Balaban J connectivity index is 1.69. The van der Waals surface area contributed by atoms with E-state index in [4.69, 9.17) is 0 Å². The summed E-state index contributed by atoms with van der Waals surface area (Å²) in [6.07, 6.45) is 4.64. The van der Waals surface area contributed by atoms with Gasteiger partial charge in [0.2, 0.25) is 0 Å². The third-order valence-corrected chi connectivity index (χ3v) is 5.86. The largest absolute Gasteiger partial charge is 0.348 e. The molecule has 2 atom stereocenters. The fourth-order valence-electron chi connectivity index (χ4n) is 3.51. The molecule has 1 aromatic rings. The van der Waals surface area contributed by atoms with Crippen molar-refractivity contribution in [1.82, 2.24) is 20.0 Å². The van der Waals surface area contributed by atoms with Gasteiger partial charge >= 0.3 is 0 Å². The molecule has 0 saturated carbocycles. The number of hydrogen-bond acceptors (Lipinski definition) is 3. The maximum atomic E-state index is 12.4. The predicted octanol–water partition coefficient (Wildman–Crippen LogP) is 1.85. The highest BCUT2D eigenvalue weighted by Crippen LogP contribution is 2.34. The van der Waals surface area contributed by atoms with Gasteiger partial charge in [0, 0.05) is 25.2 Å². The Morgan fingerprint density at radius 1 is 1.30 bits per heavy atom. The molecule has 0 spiro atoms. The zero-order valence-corrected chi connectivity index (χ0v) is 13.8. The van der Waals surface area contributed by atoms with Gasteiger partial charge in [0.1, 0.15) is 0 Å². The number of carbonyl (C=O) groups excluding carboxylic acids is 1. The Morgan fingerprint density at radius 2 is 1.90 bits per heavy atom. The lowest BCUT2D eigenvalue weighted by molar-refractivity contribution is 0.0876. The van der Waals surface area contributed by atoms with Crippen LogP contribution in [0.2, 0.25) is 0 Å². The van der Waals surface area contributed by atoms with Crippen LogP contribution in [0.15, 0.2) is 4.47 Å². The summed E-state index contributed by atoms with van der Waals surface area (Å²) in [6, 6.07) is 1.55. The Morgan fingerprint density at radius 3 is 2.40 bits per heavy atom. The summed E-state index contributed by atoms with van der Waals surface area (Å²) >= 11 is 3.46. The smallest absolute Gasteiger partial charge is 0.273 e. The molecule has 5 nitrogen and oxygen atoms in total. The standard InChI is InChI=1S/C14H21BrN4O/c1-8-12(15)13(17-19(8)3)14(20)16-9-6-10-4-5-11(7-9)18(10)2/h9-11H,4-7H2,1-3H3,(H,16,20). The number of aromatic nitrogens is 2. The molecule has 0 aliphatic carbocycles. The van der Waals surface area contributed by atoms with E-state index in [-0.39, 0.29) is 11.9 Å². The number of hydrogen-bond donors (Lipinski definition) is 1. The minimum atomic E-state index is -0.0606. The van der Waals surface area contributed by atoms with Crippen LogP contribution in [0, 0.1) is 6.92 Å². The number of rotatable bonds is 2. The normalized spacial score (nSPS) is 29.7. The Labute approximate surface area is 127 Å². The van der Waals surface area contributed by atoms with Crippen LogP contribution in [0.1, 0.15) is 41.9 Å². The molecular weight excluding hydrogens is 320 g/mol. The van der Waals surface area contributed by atoms with E-state index in [1.165, 1.54) is 12.8 Å². The lowest BCUT2D eigenvalue weighted by Crippen LogP contribution is -2.48. The summed E-state index contributed by atoms with van der Waals surface area (Å²) in [5.74, 6) is -0.0606. The van der Waals surface area contributed by atoms with Gasteiger partial charge in [0.25, 0.3) is 5.91 Å². The van der Waals surface area contributed by atoms with Gasteiger partial charge in [-0.25, -0.2) is 0 Å². The van der Waals surface area contributed by atoms with E-state index in [0.29, 0.717) is 17.8 Å². The van der Waals surface area contributed by atoms with Gasteiger partial charge in [-0.3, -0.25) is 9.48 Å². The molecule has 6 heteroatoms. The van der Waals surface area contributed by atoms with E-state index in [1.54, 1.807) is 4.68 Å². The highest BCUT2D eigenvalue weighted by molar-refractivity contribution is 9.10. The second-order valence-electron chi connectivity index (χ2n) is 6.06. The molecule has 3 heterocycles. The van der Waals surface area contributed by atoms with Crippen molar-refractivity contribution in [3.63, 3.8) is 0 Å².